The standard InChI is InChI=1S/C17H26ClN3/c1-12(2)9-10-21(13-5-3-4-6-13)14-7-8-15(17(19)20)16(18)11-14/h7-8,11-13H,3-6,9-10H2,1-2H3,(H3,19,20). The average molecular weight is 308 g/mol. The number of anilines is 1. The van der Waals surface area contributed by atoms with Crippen LogP contribution in [-0.2, 0) is 0 Å². The fourth-order valence-electron chi connectivity index (χ4n) is 3.04. The van der Waals surface area contributed by atoms with E-state index in [4.69, 9.17) is 22.7 Å². The minimum Gasteiger partial charge on any atom is -0.384 e. The highest BCUT2D eigenvalue weighted by Crippen LogP contribution is 2.31. The number of nitrogens with zero attached hydrogens (tertiary/aromatic N) is 1. The monoisotopic (exact) mass is 307 g/mol. The van der Waals surface area contributed by atoms with Gasteiger partial charge in [0.1, 0.15) is 5.84 Å². The summed E-state index contributed by atoms with van der Waals surface area (Å²) in [5.41, 5.74) is 7.33. The fourth-order valence-corrected chi connectivity index (χ4v) is 3.31. The molecule has 0 aromatic heterocycles. The van der Waals surface area contributed by atoms with E-state index < -0.39 is 0 Å². The zero-order valence-electron chi connectivity index (χ0n) is 13.0. The van der Waals surface area contributed by atoms with Crippen LogP contribution in [0.25, 0.3) is 0 Å². The van der Waals surface area contributed by atoms with Crippen LogP contribution in [0.1, 0.15) is 51.5 Å². The third-order valence-electron chi connectivity index (χ3n) is 4.29. The van der Waals surface area contributed by atoms with Gasteiger partial charge in [0.05, 0.1) is 5.02 Å². The molecule has 0 atom stereocenters. The first-order valence-corrected chi connectivity index (χ1v) is 8.27. The molecule has 3 N–H and O–H groups in total. The van der Waals surface area contributed by atoms with Gasteiger partial charge in [-0.15, -0.1) is 0 Å². The Morgan fingerprint density at radius 1 is 1.38 bits per heavy atom. The third kappa shape index (κ3) is 4.13. The molecule has 1 aromatic rings. The van der Waals surface area contributed by atoms with Gasteiger partial charge in [0, 0.05) is 23.8 Å². The second-order valence-electron chi connectivity index (χ2n) is 6.39. The van der Waals surface area contributed by atoms with Crippen LogP contribution < -0.4 is 10.6 Å². The van der Waals surface area contributed by atoms with Gasteiger partial charge in [0.25, 0.3) is 0 Å². The van der Waals surface area contributed by atoms with Crippen LogP contribution in [0.5, 0.6) is 0 Å². The molecule has 0 saturated heterocycles. The van der Waals surface area contributed by atoms with E-state index in [0.717, 1.165) is 12.2 Å². The molecule has 0 unspecified atom stereocenters. The van der Waals surface area contributed by atoms with Gasteiger partial charge in [0.15, 0.2) is 0 Å². The van der Waals surface area contributed by atoms with Gasteiger partial charge in [-0.25, -0.2) is 0 Å². The zero-order valence-corrected chi connectivity index (χ0v) is 13.8. The number of nitrogen functional groups attached to an aromatic ring is 1. The van der Waals surface area contributed by atoms with Crippen molar-refractivity contribution in [2.75, 3.05) is 11.4 Å². The molecule has 116 valence electrons. The molecule has 0 heterocycles. The van der Waals surface area contributed by atoms with Crippen LogP contribution in [0.3, 0.4) is 0 Å². The molecule has 0 aliphatic heterocycles. The maximum absolute atomic E-state index is 7.54. The largest absolute Gasteiger partial charge is 0.384 e. The van der Waals surface area contributed by atoms with Gasteiger partial charge in [-0.05, 0) is 43.4 Å². The van der Waals surface area contributed by atoms with Crippen LogP contribution in [-0.4, -0.2) is 18.4 Å². The van der Waals surface area contributed by atoms with Crippen molar-refractivity contribution >= 4 is 23.1 Å². The number of hydrogen-bond acceptors (Lipinski definition) is 2. The molecular formula is C17H26ClN3. The quantitative estimate of drug-likeness (QED) is 0.604. The summed E-state index contributed by atoms with van der Waals surface area (Å²) in [6, 6.07) is 6.53. The summed E-state index contributed by atoms with van der Waals surface area (Å²) in [6.45, 7) is 5.59. The molecule has 2 rings (SSSR count). The highest BCUT2D eigenvalue weighted by atomic mass is 35.5. The zero-order chi connectivity index (χ0) is 15.4. The number of amidine groups is 1. The van der Waals surface area contributed by atoms with Crippen LogP contribution in [0.4, 0.5) is 5.69 Å². The lowest BCUT2D eigenvalue weighted by molar-refractivity contribution is 0.528. The molecule has 1 aliphatic carbocycles. The predicted molar refractivity (Wildman–Crippen MR) is 91.5 cm³/mol. The molecule has 0 amide bonds. The van der Waals surface area contributed by atoms with Crippen LogP contribution in [0, 0.1) is 11.3 Å². The molecule has 3 nitrogen and oxygen atoms in total. The molecule has 1 saturated carbocycles. The Bertz CT molecular complexity index is 493. The topological polar surface area (TPSA) is 53.1 Å². The Morgan fingerprint density at radius 2 is 2.05 bits per heavy atom. The molecule has 4 heteroatoms. The molecule has 21 heavy (non-hydrogen) atoms. The van der Waals surface area contributed by atoms with Crippen molar-refractivity contribution in [2.45, 2.75) is 52.0 Å². The van der Waals surface area contributed by atoms with E-state index in [0.29, 0.717) is 22.5 Å². The number of nitrogens with two attached hydrogens (primary N) is 1. The third-order valence-corrected chi connectivity index (χ3v) is 4.60. The molecule has 0 radical (unpaired) electrons. The molecule has 1 aromatic carbocycles. The van der Waals surface area contributed by atoms with Gasteiger partial charge >= 0.3 is 0 Å². The second-order valence-corrected chi connectivity index (χ2v) is 6.80. The minimum atomic E-state index is 0.0288. The molecule has 1 aliphatic rings. The fraction of sp³-hybridized carbons (Fsp3) is 0.588. The Kier molecular flexibility index (Phi) is 5.51. The lowest BCUT2D eigenvalue weighted by Gasteiger charge is -2.32. The van der Waals surface area contributed by atoms with Crippen LogP contribution >= 0.6 is 11.6 Å². The van der Waals surface area contributed by atoms with E-state index >= 15 is 0 Å². The van der Waals surface area contributed by atoms with E-state index in [9.17, 15) is 0 Å². The van der Waals surface area contributed by atoms with Crippen molar-refractivity contribution in [1.82, 2.24) is 0 Å². The summed E-state index contributed by atoms with van der Waals surface area (Å²) in [6.07, 6.45) is 6.36. The molecular weight excluding hydrogens is 282 g/mol. The van der Waals surface area contributed by atoms with Gasteiger partial charge in [-0.3, -0.25) is 5.41 Å². The minimum absolute atomic E-state index is 0.0288. The average Bonchev–Trinajstić information content (AvgIpc) is 2.92. The Labute approximate surface area is 133 Å². The van der Waals surface area contributed by atoms with Crippen LogP contribution in [0.15, 0.2) is 18.2 Å². The summed E-state index contributed by atoms with van der Waals surface area (Å²) in [7, 11) is 0. The predicted octanol–water partition coefficient (Wildman–Crippen LogP) is 4.42. The van der Waals surface area contributed by atoms with Crippen molar-refractivity contribution in [1.29, 1.82) is 5.41 Å². The summed E-state index contributed by atoms with van der Waals surface area (Å²) < 4.78 is 0. The van der Waals surface area contributed by atoms with E-state index in [1.165, 1.54) is 32.1 Å². The van der Waals surface area contributed by atoms with E-state index in [1.54, 1.807) is 0 Å². The number of nitrogens with one attached hydrogen (secondary N) is 1. The maximum atomic E-state index is 7.54. The van der Waals surface area contributed by atoms with Crippen molar-refractivity contribution in [3.8, 4) is 0 Å². The van der Waals surface area contributed by atoms with Gasteiger partial charge < -0.3 is 10.6 Å². The number of hydrogen-bond donors (Lipinski definition) is 2. The number of halogens is 1. The Morgan fingerprint density at radius 3 is 2.57 bits per heavy atom. The summed E-state index contributed by atoms with van der Waals surface area (Å²) in [5.74, 6) is 0.724. The van der Waals surface area contributed by atoms with E-state index in [2.05, 4.69) is 24.8 Å². The van der Waals surface area contributed by atoms with E-state index in [1.807, 2.05) is 12.1 Å². The van der Waals surface area contributed by atoms with Crippen LogP contribution in [0.2, 0.25) is 5.02 Å². The highest BCUT2D eigenvalue weighted by Gasteiger charge is 2.23. The summed E-state index contributed by atoms with van der Waals surface area (Å²) >= 11 is 6.29. The first-order chi connectivity index (χ1) is 9.99. The van der Waals surface area contributed by atoms with Gasteiger partial charge in [-0.2, -0.15) is 0 Å². The lowest BCUT2D eigenvalue weighted by atomic mass is 10.1. The summed E-state index contributed by atoms with van der Waals surface area (Å²) in [5, 5.41) is 8.11. The van der Waals surface area contributed by atoms with Gasteiger partial charge in [-0.1, -0.05) is 38.3 Å². The second kappa shape index (κ2) is 7.17. The Balaban J connectivity index is 2.22. The Hall–Kier alpha value is -1.22. The van der Waals surface area contributed by atoms with Crippen molar-refractivity contribution in [3.05, 3.63) is 28.8 Å². The normalized spacial score (nSPS) is 15.6. The smallest absolute Gasteiger partial charge is 0.124 e. The number of rotatable bonds is 6. The first-order valence-electron chi connectivity index (χ1n) is 7.89. The maximum Gasteiger partial charge on any atom is 0.124 e. The SMILES string of the molecule is CC(C)CCN(c1ccc(C(=N)N)c(Cl)c1)C1CCCC1. The van der Waals surface area contributed by atoms with Crippen molar-refractivity contribution in [2.24, 2.45) is 11.7 Å². The number of benzene rings is 1. The van der Waals surface area contributed by atoms with E-state index in [-0.39, 0.29) is 5.84 Å². The van der Waals surface area contributed by atoms with Gasteiger partial charge in [0.2, 0.25) is 0 Å². The first kappa shape index (κ1) is 16.2. The molecule has 1 fully saturated rings. The summed E-state index contributed by atoms with van der Waals surface area (Å²) in [4.78, 5) is 2.50. The lowest BCUT2D eigenvalue weighted by Crippen LogP contribution is -2.34. The molecule has 0 spiro atoms. The van der Waals surface area contributed by atoms with Crippen molar-refractivity contribution in [3.63, 3.8) is 0 Å². The van der Waals surface area contributed by atoms with Crippen molar-refractivity contribution < 1.29 is 0 Å². The highest BCUT2D eigenvalue weighted by molar-refractivity contribution is 6.34. The molecule has 0 bridgehead atoms.